The molecule has 0 aromatic heterocycles. The fraction of sp³-hybridized carbons (Fsp3) is 0.588. The third-order valence-electron chi connectivity index (χ3n) is 3.74. The highest BCUT2D eigenvalue weighted by Crippen LogP contribution is 2.36. The molecule has 0 fully saturated rings. The van der Waals surface area contributed by atoms with Crippen molar-refractivity contribution in [3.63, 3.8) is 0 Å². The number of allylic oxidation sites excluding steroid dienone is 6. The van der Waals surface area contributed by atoms with Gasteiger partial charge in [0.15, 0.2) is 0 Å². The highest BCUT2D eigenvalue weighted by Gasteiger charge is 2.26. The van der Waals surface area contributed by atoms with Gasteiger partial charge in [-0.2, -0.15) is 0 Å². The second-order valence-electron chi connectivity index (χ2n) is 5.43. The van der Waals surface area contributed by atoms with Gasteiger partial charge in [0.1, 0.15) is 12.0 Å². The van der Waals surface area contributed by atoms with Crippen LogP contribution in [0, 0.1) is 11.8 Å². The van der Waals surface area contributed by atoms with E-state index in [1.807, 2.05) is 19.1 Å². The molecule has 0 heterocycles. The Morgan fingerprint density at radius 3 is 2.75 bits per heavy atom. The number of rotatable bonds is 5. The van der Waals surface area contributed by atoms with Gasteiger partial charge in [0.2, 0.25) is 0 Å². The summed E-state index contributed by atoms with van der Waals surface area (Å²) in [6, 6.07) is 0. The van der Waals surface area contributed by atoms with Gasteiger partial charge in [-0.1, -0.05) is 30.7 Å². The Balaban J connectivity index is 3.03. The first-order chi connectivity index (χ1) is 9.47. The van der Waals surface area contributed by atoms with E-state index in [-0.39, 0.29) is 17.7 Å². The summed E-state index contributed by atoms with van der Waals surface area (Å²) in [5, 5.41) is 0. The normalized spacial score (nSPS) is 24.1. The molecule has 1 aliphatic carbocycles. The van der Waals surface area contributed by atoms with E-state index in [1.54, 1.807) is 20.1 Å². The quantitative estimate of drug-likeness (QED) is 0.585. The summed E-state index contributed by atoms with van der Waals surface area (Å²) >= 11 is 0. The van der Waals surface area contributed by atoms with Crippen LogP contribution in [-0.4, -0.2) is 12.4 Å². The van der Waals surface area contributed by atoms with Crippen LogP contribution < -0.4 is 0 Å². The molecule has 3 atom stereocenters. The number of alkyl halides is 1. The van der Waals surface area contributed by atoms with E-state index in [1.165, 1.54) is 6.92 Å². The van der Waals surface area contributed by atoms with Crippen LogP contribution in [0.4, 0.5) is 8.78 Å². The van der Waals surface area contributed by atoms with Crippen LogP contribution in [0.15, 0.2) is 40.3 Å². The lowest BCUT2D eigenvalue weighted by molar-refractivity contribution is 0.330. The zero-order valence-corrected chi connectivity index (χ0v) is 12.9. The molecule has 0 spiro atoms. The standard InChI is InChI=1S/C17H25F2N/c1-5-20-17(14(4)19)13(3)16-10-8-6-7-9-15(16)11-12(2)18/h5-7,9,12-13,16H,8,10-11H2,1-4H3/b17-14+,20-5?/t12?,13-,16+/m1/s1. The van der Waals surface area contributed by atoms with Crippen LogP contribution in [0.2, 0.25) is 0 Å². The topological polar surface area (TPSA) is 12.4 Å². The summed E-state index contributed by atoms with van der Waals surface area (Å²) in [6.45, 7) is 6.77. The summed E-state index contributed by atoms with van der Waals surface area (Å²) in [5.74, 6) is -0.144. The van der Waals surface area contributed by atoms with E-state index in [0.717, 1.165) is 18.4 Å². The third-order valence-corrected chi connectivity index (χ3v) is 3.74. The molecular weight excluding hydrogens is 256 g/mol. The van der Waals surface area contributed by atoms with Crippen LogP contribution >= 0.6 is 0 Å². The lowest BCUT2D eigenvalue weighted by Gasteiger charge is -2.27. The lowest BCUT2D eigenvalue weighted by Crippen LogP contribution is -2.18. The largest absolute Gasteiger partial charge is 0.263 e. The molecule has 1 rings (SSSR count). The molecule has 1 nitrogen and oxygen atoms in total. The van der Waals surface area contributed by atoms with Crippen molar-refractivity contribution >= 4 is 6.21 Å². The van der Waals surface area contributed by atoms with Crippen molar-refractivity contribution in [2.75, 3.05) is 0 Å². The molecule has 0 saturated heterocycles. The van der Waals surface area contributed by atoms with E-state index in [0.29, 0.717) is 12.1 Å². The minimum absolute atomic E-state index is 0.0406. The Labute approximate surface area is 121 Å². The molecule has 20 heavy (non-hydrogen) atoms. The van der Waals surface area contributed by atoms with Crippen molar-refractivity contribution in [3.8, 4) is 0 Å². The first-order valence-corrected chi connectivity index (χ1v) is 7.32. The Bertz CT molecular complexity index is 426. The number of halogens is 2. The summed E-state index contributed by atoms with van der Waals surface area (Å²) in [7, 11) is 0. The number of hydrogen-bond acceptors (Lipinski definition) is 1. The molecule has 1 aliphatic rings. The molecular formula is C17H25F2N. The second kappa shape index (κ2) is 8.13. The van der Waals surface area contributed by atoms with Crippen LogP contribution in [0.25, 0.3) is 0 Å². The second-order valence-corrected chi connectivity index (χ2v) is 5.43. The molecule has 0 saturated carbocycles. The number of nitrogens with zero attached hydrogens (tertiary/aromatic N) is 1. The fourth-order valence-electron chi connectivity index (χ4n) is 2.84. The van der Waals surface area contributed by atoms with Gasteiger partial charge in [0.05, 0.1) is 5.70 Å². The molecule has 3 heteroatoms. The van der Waals surface area contributed by atoms with Gasteiger partial charge in [0, 0.05) is 12.1 Å². The van der Waals surface area contributed by atoms with Crippen LogP contribution in [0.5, 0.6) is 0 Å². The van der Waals surface area contributed by atoms with Crippen molar-refractivity contribution in [3.05, 3.63) is 35.3 Å². The lowest BCUT2D eigenvalue weighted by atomic mass is 9.80. The van der Waals surface area contributed by atoms with Crippen molar-refractivity contribution in [2.45, 2.75) is 53.1 Å². The van der Waals surface area contributed by atoms with Crippen LogP contribution in [0.3, 0.4) is 0 Å². The third kappa shape index (κ3) is 4.69. The zero-order valence-electron chi connectivity index (χ0n) is 12.9. The predicted octanol–water partition coefficient (Wildman–Crippen LogP) is 5.55. The van der Waals surface area contributed by atoms with Crippen LogP contribution in [0.1, 0.15) is 47.0 Å². The maximum Gasteiger partial charge on any atom is 0.119 e. The van der Waals surface area contributed by atoms with E-state index < -0.39 is 6.17 Å². The Morgan fingerprint density at radius 1 is 1.50 bits per heavy atom. The SMILES string of the molecule is CC=N/C(=C(\C)F)[C@H](C)[C@@H]1CCC=CC=C1CC(C)F. The van der Waals surface area contributed by atoms with Crippen molar-refractivity contribution < 1.29 is 8.78 Å². The van der Waals surface area contributed by atoms with Crippen molar-refractivity contribution in [1.29, 1.82) is 0 Å². The molecule has 0 radical (unpaired) electrons. The summed E-state index contributed by atoms with van der Waals surface area (Å²) in [4.78, 5) is 4.18. The first-order valence-electron chi connectivity index (χ1n) is 7.32. The highest BCUT2D eigenvalue weighted by molar-refractivity contribution is 5.55. The van der Waals surface area contributed by atoms with Gasteiger partial charge in [0.25, 0.3) is 0 Å². The van der Waals surface area contributed by atoms with E-state index in [4.69, 9.17) is 0 Å². The van der Waals surface area contributed by atoms with E-state index in [9.17, 15) is 8.78 Å². The molecule has 0 amide bonds. The molecule has 1 unspecified atom stereocenters. The summed E-state index contributed by atoms with van der Waals surface area (Å²) in [6.07, 6.45) is 9.06. The average Bonchev–Trinajstić information content (AvgIpc) is 2.59. The Hall–Kier alpha value is -1.25. The number of aliphatic imine (C=N–C) groups is 1. The van der Waals surface area contributed by atoms with Crippen molar-refractivity contribution in [2.24, 2.45) is 16.8 Å². The molecule has 0 bridgehead atoms. The van der Waals surface area contributed by atoms with Gasteiger partial charge < -0.3 is 0 Å². The summed E-state index contributed by atoms with van der Waals surface area (Å²) in [5.41, 5.74) is 1.54. The number of hydrogen-bond donors (Lipinski definition) is 0. The molecule has 0 aromatic rings. The maximum atomic E-state index is 13.7. The van der Waals surface area contributed by atoms with Gasteiger partial charge >= 0.3 is 0 Å². The predicted molar refractivity (Wildman–Crippen MR) is 82.3 cm³/mol. The van der Waals surface area contributed by atoms with E-state index >= 15 is 0 Å². The zero-order chi connectivity index (χ0) is 15.1. The van der Waals surface area contributed by atoms with Crippen LogP contribution in [-0.2, 0) is 0 Å². The maximum absolute atomic E-state index is 13.7. The van der Waals surface area contributed by atoms with E-state index in [2.05, 4.69) is 11.1 Å². The smallest absolute Gasteiger partial charge is 0.119 e. The highest BCUT2D eigenvalue weighted by atomic mass is 19.1. The molecule has 0 aliphatic heterocycles. The van der Waals surface area contributed by atoms with Gasteiger partial charge in [-0.15, -0.1) is 0 Å². The fourth-order valence-corrected chi connectivity index (χ4v) is 2.84. The first kappa shape index (κ1) is 16.8. The molecule has 0 aromatic carbocycles. The minimum atomic E-state index is -0.879. The summed E-state index contributed by atoms with van der Waals surface area (Å²) < 4.78 is 27.1. The van der Waals surface area contributed by atoms with Gasteiger partial charge in [-0.05, 0) is 46.0 Å². The Morgan fingerprint density at radius 2 is 2.20 bits per heavy atom. The molecule has 112 valence electrons. The monoisotopic (exact) mass is 281 g/mol. The van der Waals surface area contributed by atoms with Gasteiger partial charge in [-0.3, -0.25) is 4.99 Å². The average molecular weight is 281 g/mol. The molecule has 0 N–H and O–H groups in total. The van der Waals surface area contributed by atoms with Gasteiger partial charge in [-0.25, -0.2) is 8.78 Å². The van der Waals surface area contributed by atoms with Crippen molar-refractivity contribution in [1.82, 2.24) is 0 Å². The minimum Gasteiger partial charge on any atom is -0.263 e. The Kier molecular flexibility index (Phi) is 6.83.